The van der Waals surface area contributed by atoms with Crippen LogP contribution >= 0.6 is 0 Å². The van der Waals surface area contributed by atoms with Gasteiger partial charge < -0.3 is 30.5 Å². The lowest BCUT2D eigenvalue weighted by Gasteiger charge is -2.29. The van der Waals surface area contributed by atoms with Crippen LogP contribution in [0.3, 0.4) is 0 Å². The number of nitrogens with one attached hydrogen (secondary N) is 2. The number of carbonyl (C=O) groups is 5. The number of benzene rings is 1. The predicted octanol–water partition coefficient (Wildman–Crippen LogP) is 4.18. The first kappa shape index (κ1) is 40.3. The second-order valence-corrected chi connectivity index (χ2v) is 12.7. The lowest BCUT2D eigenvalue weighted by atomic mass is 9.80. The number of carbonyl (C=O) groups excluding carboxylic acids is 4. The molecule has 1 unspecified atom stereocenters. The third kappa shape index (κ3) is 12.6. The van der Waals surface area contributed by atoms with Gasteiger partial charge in [0.15, 0.2) is 5.60 Å². The van der Waals surface area contributed by atoms with E-state index in [1.807, 2.05) is 0 Å². The van der Waals surface area contributed by atoms with E-state index in [1.54, 1.807) is 31.2 Å². The first-order valence-electron chi connectivity index (χ1n) is 17.3. The average molecular weight is 670 g/mol. The Balaban J connectivity index is 2.04. The molecule has 0 saturated carbocycles. The number of amides is 3. The highest BCUT2D eigenvalue weighted by atomic mass is 16.5. The van der Waals surface area contributed by atoms with Gasteiger partial charge in [0, 0.05) is 39.4 Å². The van der Waals surface area contributed by atoms with Crippen LogP contribution in [0.5, 0.6) is 5.75 Å². The Labute approximate surface area is 285 Å². The summed E-state index contributed by atoms with van der Waals surface area (Å²) in [6, 6.07) is 5.18. The van der Waals surface area contributed by atoms with Gasteiger partial charge >= 0.3 is 5.97 Å². The fourth-order valence-electron chi connectivity index (χ4n) is 6.35. The molecule has 0 aromatic heterocycles. The Kier molecular flexibility index (Phi) is 17.7. The van der Waals surface area contributed by atoms with E-state index in [1.165, 1.54) is 38.3 Å². The van der Waals surface area contributed by atoms with Gasteiger partial charge in [0.05, 0.1) is 12.3 Å². The standard InChI is InChI=1S/C37H55N3O8/c1-5-7-9-11-14-17-28(41)18-15-12-10-13-16-19-31-33(37(47,26-32(42)43)36(46)40(31)4)35(45)39-30(34(44)38-3)25-27-20-22-29(23-21-27)48-24-8-6-2/h20-23,30-31,33,47H,5,7,9-19,24-26H2,1-4H3,(H,38,44)(H,39,45)(H,42,43)/t30-,31?,33+,37-/m0/s1. The van der Waals surface area contributed by atoms with Crippen LogP contribution in [0, 0.1) is 17.8 Å². The highest BCUT2D eigenvalue weighted by molar-refractivity contribution is 6.00. The normalized spacial score (nSPS) is 19.3. The summed E-state index contributed by atoms with van der Waals surface area (Å²) in [4.78, 5) is 65.1. The monoisotopic (exact) mass is 669 g/mol. The van der Waals surface area contributed by atoms with Crippen molar-refractivity contribution in [3.05, 3.63) is 29.8 Å². The lowest BCUT2D eigenvalue weighted by Crippen LogP contribution is -2.55. The maximum Gasteiger partial charge on any atom is 0.306 e. The van der Waals surface area contributed by atoms with Gasteiger partial charge in [0.1, 0.15) is 24.2 Å². The molecule has 1 fully saturated rings. The van der Waals surface area contributed by atoms with E-state index in [0.29, 0.717) is 37.2 Å². The number of ketones is 1. The van der Waals surface area contributed by atoms with E-state index in [-0.39, 0.29) is 13.0 Å². The largest absolute Gasteiger partial charge is 0.481 e. The third-order valence-corrected chi connectivity index (χ3v) is 9.04. The summed E-state index contributed by atoms with van der Waals surface area (Å²) in [5.41, 5.74) is -1.73. The van der Waals surface area contributed by atoms with Crippen LogP contribution in [-0.4, -0.2) is 83.0 Å². The zero-order chi connectivity index (χ0) is 35.5. The number of unbranched alkanes of at least 4 members (excludes halogenated alkanes) is 8. The SMILES string of the molecule is CC#CCOc1ccc(C[C@H](NC(=O)[C@H]2C(CCCCCCCC(=O)CCCCCCC)N(C)C(=O)[C@]2(O)CC(=O)O)C(=O)NC)cc1. The summed E-state index contributed by atoms with van der Waals surface area (Å²) in [6.45, 7) is 4.12. The van der Waals surface area contributed by atoms with Crippen LogP contribution < -0.4 is 15.4 Å². The van der Waals surface area contributed by atoms with Crippen LogP contribution in [0.4, 0.5) is 0 Å². The molecule has 1 aromatic rings. The van der Waals surface area contributed by atoms with Gasteiger partial charge in [-0.25, -0.2) is 0 Å². The maximum absolute atomic E-state index is 13.8. The molecule has 1 aliphatic heterocycles. The summed E-state index contributed by atoms with van der Waals surface area (Å²) in [6.07, 6.45) is 10.4. The number of nitrogens with zero attached hydrogens (tertiary/aromatic N) is 1. The first-order valence-corrected chi connectivity index (χ1v) is 17.3. The number of likely N-dealkylation sites (N-methyl/N-ethyl adjacent to an activating group) is 2. The van der Waals surface area contributed by atoms with Crippen molar-refractivity contribution in [2.24, 2.45) is 5.92 Å². The van der Waals surface area contributed by atoms with Crippen LogP contribution in [-0.2, 0) is 30.4 Å². The molecule has 1 aliphatic rings. The fraction of sp³-hybridized carbons (Fsp3) is 0.649. The van der Waals surface area contributed by atoms with E-state index in [9.17, 15) is 34.2 Å². The van der Waals surface area contributed by atoms with Crippen molar-refractivity contribution in [2.45, 2.75) is 128 Å². The van der Waals surface area contributed by atoms with E-state index in [0.717, 1.165) is 44.1 Å². The van der Waals surface area contributed by atoms with Gasteiger partial charge in [-0.1, -0.05) is 76.3 Å². The van der Waals surface area contributed by atoms with Crippen molar-refractivity contribution in [2.75, 3.05) is 20.7 Å². The Hall–Kier alpha value is -3.91. The molecular weight excluding hydrogens is 614 g/mol. The van der Waals surface area contributed by atoms with Gasteiger partial charge in [-0.05, 0) is 43.9 Å². The Bertz CT molecular complexity index is 1270. The van der Waals surface area contributed by atoms with E-state index in [4.69, 9.17) is 4.74 Å². The Morgan fingerprint density at radius 1 is 0.979 bits per heavy atom. The first-order chi connectivity index (χ1) is 23.0. The summed E-state index contributed by atoms with van der Waals surface area (Å²) < 4.78 is 5.54. The van der Waals surface area contributed by atoms with Crippen LogP contribution in [0.1, 0.15) is 109 Å². The molecule has 4 atom stereocenters. The Morgan fingerprint density at radius 3 is 2.17 bits per heavy atom. The van der Waals surface area contributed by atoms with E-state index >= 15 is 0 Å². The molecule has 0 aliphatic carbocycles. The summed E-state index contributed by atoms with van der Waals surface area (Å²) in [5.74, 6) is 1.58. The number of aliphatic hydroxyl groups is 1. The number of hydrogen-bond donors (Lipinski definition) is 4. The quantitative estimate of drug-likeness (QED) is 0.0997. The van der Waals surface area contributed by atoms with Crippen molar-refractivity contribution in [1.29, 1.82) is 0 Å². The number of aliphatic carboxylic acids is 1. The second-order valence-electron chi connectivity index (χ2n) is 12.7. The zero-order valence-corrected chi connectivity index (χ0v) is 29.1. The van der Waals surface area contributed by atoms with Gasteiger partial charge in [-0.3, -0.25) is 24.0 Å². The summed E-state index contributed by atoms with van der Waals surface area (Å²) in [7, 11) is 2.90. The maximum atomic E-state index is 13.8. The molecule has 1 aromatic carbocycles. The number of Topliss-reactive ketones (excluding diaryl/α,β-unsaturated/α-hetero) is 1. The fourth-order valence-corrected chi connectivity index (χ4v) is 6.35. The lowest BCUT2D eigenvalue weighted by molar-refractivity contribution is -0.158. The molecule has 2 rings (SSSR count). The topological polar surface area (TPSA) is 162 Å². The van der Waals surface area contributed by atoms with Crippen LogP contribution in [0.25, 0.3) is 0 Å². The van der Waals surface area contributed by atoms with Gasteiger partial charge in [0.25, 0.3) is 5.91 Å². The number of carboxylic acids is 1. The van der Waals surface area contributed by atoms with Gasteiger partial charge in [-0.2, -0.15) is 0 Å². The third-order valence-electron chi connectivity index (χ3n) is 9.04. The molecular formula is C37H55N3O8. The second kappa shape index (κ2) is 21.1. The smallest absolute Gasteiger partial charge is 0.306 e. The Morgan fingerprint density at radius 2 is 1.58 bits per heavy atom. The molecule has 1 heterocycles. The molecule has 0 radical (unpaired) electrons. The summed E-state index contributed by atoms with van der Waals surface area (Å²) >= 11 is 0. The molecule has 266 valence electrons. The molecule has 1 saturated heterocycles. The minimum atomic E-state index is -2.46. The molecule has 4 N–H and O–H groups in total. The van der Waals surface area contributed by atoms with Gasteiger partial charge in [0.2, 0.25) is 11.8 Å². The average Bonchev–Trinajstić information content (AvgIpc) is 3.23. The van der Waals surface area contributed by atoms with Crippen molar-refractivity contribution < 1.29 is 38.9 Å². The highest BCUT2D eigenvalue weighted by Gasteiger charge is 2.61. The minimum Gasteiger partial charge on any atom is -0.481 e. The number of ether oxygens (including phenoxy) is 1. The predicted molar refractivity (Wildman–Crippen MR) is 183 cm³/mol. The molecule has 3 amide bonds. The van der Waals surface area contributed by atoms with Crippen molar-refractivity contribution >= 4 is 29.5 Å². The van der Waals surface area contributed by atoms with Crippen LogP contribution in [0.2, 0.25) is 0 Å². The molecule has 0 bridgehead atoms. The number of hydrogen-bond acceptors (Lipinski definition) is 7. The van der Waals surface area contributed by atoms with Gasteiger partial charge in [-0.15, -0.1) is 5.92 Å². The highest BCUT2D eigenvalue weighted by Crippen LogP contribution is 2.39. The zero-order valence-electron chi connectivity index (χ0n) is 29.1. The number of rotatable bonds is 23. The van der Waals surface area contributed by atoms with E-state index < -0.39 is 53.7 Å². The van der Waals surface area contributed by atoms with Crippen molar-refractivity contribution in [3.63, 3.8) is 0 Å². The molecule has 11 heteroatoms. The van der Waals surface area contributed by atoms with Crippen molar-refractivity contribution in [3.8, 4) is 17.6 Å². The molecule has 0 spiro atoms. The van der Waals surface area contributed by atoms with Crippen LogP contribution in [0.15, 0.2) is 24.3 Å². The molecule has 48 heavy (non-hydrogen) atoms. The van der Waals surface area contributed by atoms with E-state index in [2.05, 4.69) is 29.4 Å². The number of carboxylic acid groups (broad SMARTS) is 1. The summed E-state index contributed by atoms with van der Waals surface area (Å²) in [5, 5.41) is 26.3. The number of likely N-dealkylation sites (tertiary alicyclic amines) is 1. The molecule has 11 nitrogen and oxygen atoms in total. The minimum absolute atomic E-state index is 0.111. The van der Waals surface area contributed by atoms with Crippen molar-refractivity contribution in [1.82, 2.24) is 15.5 Å².